The van der Waals surface area contributed by atoms with E-state index in [1.54, 1.807) is 11.3 Å². The molecule has 1 aromatic heterocycles. The van der Waals surface area contributed by atoms with Gasteiger partial charge in [0.2, 0.25) is 0 Å². The van der Waals surface area contributed by atoms with Crippen molar-refractivity contribution in [3.05, 3.63) is 51.7 Å². The smallest absolute Gasteiger partial charge is 0.130 e. The maximum Gasteiger partial charge on any atom is 0.130 e. The van der Waals surface area contributed by atoms with Crippen LogP contribution in [0, 0.1) is 11.6 Å². The van der Waals surface area contributed by atoms with Crippen LogP contribution in [0.3, 0.4) is 0 Å². The molecule has 2 nitrogen and oxygen atoms in total. The molecule has 0 spiro atoms. The summed E-state index contributed by atoms with van der Waals surface area (Å²) >= 11 is 1.55. The fraction of sp³-hybridized carbons (Fsp3) is 0.167. The molecule has 0 amide bonds. The Balaban J connectivity index is 1.92. The van der Waals surface area contributed by atoms with E-state index in [1.165, 1.54) is 12.1 Å². The van der Waals surface area contributed by atoms with Crippen molar-refractivity contribution < 1.29 is 8.78 Å². The fourth-order valence-electron chi connectivity index (χ4n) is 1.47. The lowest BCUT2D eigenvalue weighted by Crippen LogP contribution is -2.13. The zero-order valence-corrected chi connectivity index (χ0v) is 9.86. The summed E-state index contributed by atoms with van der Waals surface area (Å²) in [5.41, 5.74) is 6.90. The molecule has 0 saturated heterocycles. The topological polar surface area (TPSA) is 38.0 Å². The zero-order valence-electron chi connectivity index (χ0n) is 9.04. The molecule has 0 fully saturated rings. The predicted molar refractivity (Wildman–Crippen MR) is 65.6 cm³/mol. The van der Waals surface area contributed by atoms with Gasteiger partial charge in [0.05, 0.1) is 0 Å². The number of nitrogen functional groups attached to an aromatic ring is 1. The van der Waals surface area contributed by atoms with Crippen LogP contribution in [0.4, 0.5) is 14.5 Å². The maximum atomic E-state index is 13.3. The van der Waals surface area contributed by atoms with Crippen LogP contribution in [0.15, 0.2) is 29.6 Å². The summed E-state index contributed by atoms with van der Waals surface area (Å²) in [6.07, 6.45) is 0. The van der Waals surface area contributed by atoms with Crippen LogP contribution in [-0.4, -0.2) is 0 Å². The number of hydrogen-bond acceptors (Lipinski definition) is 3. The van der Waals surface area contributed by atoms with E-state index in [-0.39, 0.29) is 0 Å². The number of benzene rings is 1. The Labute approximate surface area is 102 Å². The molecule has 1 heterocycles. The predicted octanol–water partition coefficient (Wildman–Crippen LogP) is 2.90. The molecule has 17 heavy (non-hydrogen) atoms. The van der Waals surface area contributed by atoms with Gasteiger partial charge in [0, 0.05) is 35.3 Å². The number of nitrogens with two attached hydrogens (primary N) is 1. The Morgan fingerprint density at radius 3 is 2.65 bits per heavy atom. The molecule has 5 heteroatoms. The van der Waals surface area contributed by atoms with Crippen molar-refractivity contribution in [1.82, 2.24) is 5.32 Å². The molecule has 0 unspecified atom stereocenters. The van der Waals surface area contributed by atoms with Gasteiger partial charge in [-0.2, -0.15) is 0 Å². The molecular weight excluding hydrogens is 242 g/mol. The molecule has 0 saturated carbocycles. The first-order valence-electron chi connectivity index (χ1n) is 5.13. The molecule has 3 N–H and O–H groups in total. The first-order chi connectivity index (χ1) is 8.16. The maximum absolute atomic E-state index is 13.3. The quantitative estimate of drug-likeness (QED) is 0.880. The van der Waals surface area contributed by atoms with Crippen molar-refractivity contribution in [2.24, 2.45) is 0 Å². The Kier molecular flexibility index (Phi) is 3.71. The Hall–Kier alpha value is -1.46. The molecule has 0 atom stereocenters. The van der Waals surface area contributed by atoms with Gasteiger partial charge in [-0.25, -0.2) is 8.78 Å². The Morgan fingerprint density at radius 1 is 1.18 bits per heavy atom. The first-order valence-corrected chi connectivity index (χ1v) is 6.01. The first kappa shape index (κ1) is 12.0. The summed E-state index contributed by atoms with van der Waals surface area (Å²) in [7, 11) is 0. The van der Waals surface area contributed by atoms with Crippen LogP contribution in [0.25, 0.3) is 0 Å². The highest BCUT2D eigenvalue weighted by Gasteiger charge is 2.04. The third-order valence-electron chi connectivity index (χ3n) is 2.40. The minimum atomic E-state index is -0.561. The third-order valence-corrected chi connectivity index (χ3v) is 3.33. The standard InChI is InChI=1S/C12H12F2N2S/c13-9-2-1-8(10(14)5-9)6-16-7-12-11(15)3-4-17-12/h1-5,16H,6-7,15H2. The van der Waals surface area contributed by atoms with E-state index in [1.807, 2.05) is 11.4 Å². The van der Waals surface area contributed by atoms with E-state index in [0.29, 0.717) is 18.7 Å². The minimum Gasteiger partial charge on any atom is -0.398 e. The van der Waals surface area contributed by atoms with Gasteiger partial charge >= 0.3 is 0 Å². The molecule has 0 bridgehead atoms. The highest BCUT2D eigenvalue weighted by molar-refractivity contribution is 7.10. The summed E-state index contributed by atoms with van der Waals surface area (Å²) in [4.78, 5) is 1.02. The van der Waals surface area contributed by atoms with E-state index in [2.05, 4.69) is 5.32 Å². The van der Waals surface area contributed by atoms with Gasteiger partial charge in [0.25, 0.3) is 0 Å². The Bertz CT molecular complexity index is 511. The zero-order chi connectivity index (χ0) is 12.3. The SMILES string of the molecule is Nc1ccsc1CNCc1ccc(F)cc1F. The van der Waals surface area contributed by atoms with E-state index >= 15 is 0 Å². The van der Waals surface area contributed by atoms with Gasteiger partial charge in [-0.3, -0.25) is 0 Å². The molecule has 0 aliphatic heterocycles. The van der Waals surface area contributed by atoms with Gasteiger partial charge < -0.3 is 11.1 Å². The number of nitrogens with one attached hydrogen (secondary N) is 1. The van der Waals surface area contributed by atoms with Gasteiger partial charge in [0.15, 0.2) is 0 Å². The molecule has 0 radical (unpaired) electrons. The molecule has 0 aliphatic rings. The van der Waals surface area contributed by atoms with E-state index < -0.39 is 11.6 Å². The van der Waals surface area contributed by atoms with Crippen molar-refractivity contribution >= 4 is 17.0 Å². The summed E-state index contributed by atoms with van der Waals surface area (Å²) in [5, 5.41) is 4.98. The lowest BCUT2D eigenvalue weighted by molar-refractivity contribution is 0.561. The molecular formula is C12H12F2N2S. The van der Waals surface area contributed by atoms with Gasteiger partial charge in [-0.1, -0.05) is 6.07 Å². The largest absolute Gasteiger partial charge is 0.398 e. The average molecular weight is 254 g/mol. The van der Waals surface area contributed by atoms with Crippen LogP contribution < -0.4 is 11.1 Å². The number of rotatable bonds is 4. The summed E-state index contributed by atoms with van der Waals surface area (Å²) in [6.45, 7) is 0.934. The van der Waals surface area contributed by atoms with E-state index in [9.17, 15) is 8.78 Å². The van der Waals surface area contributed by atoms with Crippen LogP contribution in [-0.2, 0) is 13.1 Å². The number of anilines is 1. The minimum absolute atomic E-state index is 0.351. The van der Waals surface area contributed by atoms with E-state index in [4.69, 9.17) is 5.73 Å². The lowest BCUT2D eigenvalue weighted by atomic mass is 10.2. The van der Waals surface area contributed by atoms with Crippen LogP contribution in [0.1, 0.15) is 10.4 Å². The van der Waals surface area contributed by atoms with Crippen molar-refractivity contribution in [1.29, 1.82) is 0 Å². The van der Waals surface area contributed by atoms with Crippen molar-refractivity contribution in [3.63, 3.8) is 0 Å². The van der Waals surface area contributed by atoms with Crippen molar-refractivity contribution in [2.45, 2.75) is 13.1 Å². The number of hydrogen-bond donors (Lipinski definition) is 2. The molecule has 0 aliphatic carbocycles. The second-order valence-corrected chi connectivity index (χ2v) is 4.64. The van der Waals surface area contributed by atoms with Crippen LogP contribution in [0.2, 0.25) is 0 Å². The third kappa shape index (κ3) is 3.01. The van der Waals surface area contributed by atoms with Gasteiger partial charge in [-0.05, 0) is 17.5 Å². The summed E-state index contributed by atoms with van der Waals surface area (Å²) in [6, 6.07) is 5.41. The molecule has 2 aromatic rings. The highest BCUT2D eigenvalue weighted by Crippen LogP contribution is 2.18. The summed E-state index contributed by atoms with van der Waals surface area (Å²) in [5.74, 6) is -1.09. The second kappa shape index (κ2) is 5.25. The summed E-state index contributed by atoms with van der Waals surface area (Å²) < 4.78 is 26.0. The van der Waals surface area contributed by atoms with Crippen LogP contribution in [0.5, 0.6) is 0 Å². The van der Waals surface area contributed by atoms with Gasteiger partial charge in [0.1, 0.15) is 11.6 Å². The van der Waals surface area contributed by atoms with E-state index in [0.717, 1.165) is 16.6 Å². The van der Waals surface area contributed by atoms with Crippen LogP contribution >= 0.6 is 11.3 Å². The Morgan fingerprint density at radius 2 is 2.00 bits per heavy atom. The number of thiophene rings is 1. The highest BCUT2D eigenvalue weighted by atomic mass is 32.1. The average Bonchev–Trinajstić information content (AvgIpc) is 2.68. The molecule has 1 aromatic carbocycles. The van der Waals surface area contributed by atoms with Gasteiger partial charge in [-0.15, -0.1) is 11.3 Å². The molecule has 90 valence electrons. The van der Waals surface area contributed by atoms with Crippen molar-refractivity contribution in [2.75, 3.05) is 5.73 Å². The van der Waals surface area contributed by atoms with Crippen molar-refractivity contribution in [3.8, 4) is 0 Å². The number of halogens is 2. The molecule has 2 rings (SSSR count). The normalized spacial score (nSPS) is 10.7. The fourth-order valence-corrected chi connectivity index (χ4v) is 2.24. The second-order valence-electron chi connectivity index (χ2n) is 3.64. The monoisotopic (exact) mass is 254 g/mol. The lowest BCUT2D eigenvalue weighted by Gasteiger charge is -2.05.